The molecule has 0 saturated carbocycles. The highest BCUT2D eigenvalue weighted by Gasteiger charge is 2.06. The lowest BCUT2D eigenvalue weighted by molar-refractivity contribution is 0.460. The summed E-state index contributed by atoms with van der Waals surface area (Å²) in [6.45, 7) is 5.25. The molecule has 146 valence electrons. The summed E-state index contributed by atoms with van der Waals surface area (Å²) in [5, 5.41) is 7.54. The highest BCUT2D eigenvalue weighted by atomic mass is 32.1. The number of pyridine rings is 1. The molecule has 8 heteroatoms. The molecule has 3 rings (SSSR count). The molecule has 3 aromatic rings. The minimum Gasteiger partial charge on any atom is -0.439 e. The maximum absolute atomic E-state index is 13.0. The number of guanidine groups is 1. The number of aryl methyl sites for hydroxylation is 2. The van der Waals surface area contributed by atoms with E-state index in [4.69, 9.17) is 4.74 Å². The van der Waals surface area contributed by atoms with Gasteiger partial charge < -0.3 is 15.4 Å². The summed E-state index contributed by atoms with van der Waals surface area (Å²) in [7, 11) is 1.73. The van der Waals surface area contributed by atoms with Crippen LogP contribution in [-0.4, -0.2) is 23.0 Å². The van der Waals surface area contributed by atoms with Gasteiger partial charge in [0.2, 0.25) is 5.88 Å². The van der Waals surface area contributed by atoms with Gasteiger partial charge in [-0.3, -0.25) is 4.99 Å². The molecular formula is C20H22FN5OS. The quantitative estimate of drug-likeness (QED) is 0.485. The first-order valence-corrected chi connectivity index (χ1v) is 9.61. The van der Waals surface area contributed by atoms with Crippen LogP contribution in [0.5, 0.6) is 11.6 Å². The van der Waals surface area contributed by atoms with Gasteiger partial charge in [-0.25, -0.2) is 14.4 Å². The number of nitrogens with zero attached hydrogens (tertiary/aromatic N) is 3. The van der Waals surface area contributed by atoms with Gasteiger partial charge in [0, 0.05) is 30.7 Å². The normalized spacial score (nSPS) is 11.4. The fourth-order valence-corrected chi connectivity index (χ4v) is 3.29. The van der Waals surface area contributed by atoms with Gasteiger partial charge >= 0.3 is 0 Å². The van der Waals surface area contributed by atoms with Crippen LogP contribution >= 0.6 is 11.3 Å². The van der Waals surface area contributed by atoms with Gasteiger partial charge in [0.05, 0.1) is 12.2 Å². The molecule has 0 amide bonds. The Balaban J connectivity index is 1.54. The third-order valence-electron chi connectivity index (χ3n) is 4.00. The van der Waals surface area contributed by atoms with Gasteiger partial charge in [-0.05, 0) is 49.7 Å². The van der Waals surface area contributed by atoms with Gasteiger partial charge in [0.15, 0.2) is 5.96 Å². The smallest absolute Gasteiger partial charge is 0.219 e. The minimum absolute atomic E-state index is 0.305. The van der Waals surface area contributed by atoms with Gasteiger partial charge in [-0.1, -0.05) is 0 Å². The van der Waals surface area contributed by atoms with E-state index in [2.05, 4.69) is 32.5 Å². The molecule has 0 spiro atoms. The zero-order valence-electron chi connectivity index (χ0n) is 16.0. The zero-order valence-corrected chi connectivity index (χ0v) is 16.8. The third kappa shape index (κ3) is 5.50. The molecule has 0 bridgehead atoms. The second-order valence-corrected chi connectivity index (χ2v) is 7.37. The molecule has 2 heterocycles. The van der Waals surface area contributed by atoms with Crippen LogP contribution in [0.3, 0.4) is 0 Å². The van der Waals surface area contributed by atoms with Crippen molar-refractivity contribution in [2.45, 2.75) is 26.9 Å². The van der Waals surface area contributed by atoms with E-state index in [1.54, 1.807) is 36.7 Å². The number of halogens is 1. The molecule has 0 radical (unpaired) electrons. The summed E-state index contributed by atoms with van der Waals surface area (Å²) in [4.78, 5) is 14.2. The molecule has 0 unspecified atom stereocenters. The number of hydrogen-bond donors (Lipinski definition) is 2. The molecule has 2 aromatic heterocycles. The second-order valence-electron chi connectivity index (χ2n) is 6.09. The molecular weight excluding hydrogens is 377 g/mol. The average Bonchev–Trinajstić information content (AvgIpc) is 3.02. The van der Waals surface area contributed by atoms with E-state index < -0.39 is 0 Å². The molecule has 0 saturated heterocycles. The van der Waals surface area contributed by atoms with E-state index in [0.717, 1.165) is 16.3 Å². The third-order valence-corrected chi connectivity index (χ3v) is 5.07. The van der Waals surface area contributed by atoms with E-state index >= 15 is 0 Å². The van der Waals surface area contributed by atoms with Crippen LogP contribution in [0.15, 0.2) is 47.6 Å². The Morgan fingerprint density at radius 3 is 2.57 bits per heavy atom. The monoisotopic (exact) mass is 399 g/mol. The van der Waals surface area contributed by atoms with Crippen LogP contribution in [-0.2, 0) is 13.1 Å². The predicted molar refractivity (Wildman–Crippen MR) is 109 cm³/mol. The van der Waals surface area contributed by atoms with Gasteiger partial charge in [0.25, 0.3) is 0 Å². The Kier molecular flexibility index (Phi) is 6.54. The SMILES string of the molecule is CN=C(NCc1ccnc(Oc2ccc(F)cc2)c1)NCc1nc(C)c(C)s1. The van der Waals surface area contributed by atoms with Gasteiger partial charge in [-0.2, -0.15) is 0 Å². The van der Waals surface area contributed by atoms with Crippen LogP contribution in [0.25, 0.3) is 0 Å². The van der Waals surface area contributed by atoms with Crippen molar-refractivity contribution in [2.75, 3.05) is 7.05 Å². The van der Waals surface area contributed by atoms with Crippen molar-refractivity contribution in [1.29, 1.82) is 0 Å². The average molecular weight is 399 g/mol. The Labute approximate surface area is 167 Å². The van der Waals surface area contributed by atoms with Gasteiger partial charge in [0.1, 0.15) is 16.6 Å². The first kappa shape index (κ1) is 19.8. The van der Waals surface area contributed by atoms with Crippen molar-refractivity contribution in [3.8, 4) is 11.6 Å². The topological polar surface area (TPSA) is 71.4 Å². The molecule has 0 aliphatic heterocycles. The van der Waals surface area contributed by atoms with Crippen LogP contribution in [0.2, 0.25) is 0 Å². The first-order chi connectivity index (χ1) is 13.5. The van der Waals surface area contributed by atoms with Crippen LogP contribution < -0.4 is 15.4 Å². The highest BCUT2D eigenvalue weighted by molar-refractivity contribution is 7.11. The summed E-state index contributed by atoms with van der Waals surface area (Å²) in [5.41, 5.74) is 2.05. The van der Waals surface area contributed by atoms with E-state index in [9.17, 15) is 4.39 Å². The van der Waals surface area contributed by atoms with Crippen molar-refractivity contribution in [3.63, 3.8) is 0 Å². The lowest BCUT2D eigenvalue weighted by atomic mass is 10.2. The standard InChI is InChI=1S/C20H22FN5OS/c1-13-14(2)28-19(26-13)12-25-20(22-3)24-11-15-8-9-23-18(10-15)27-17-6-4-16(21)5-7-17/h4-10H,11-12H2,1-3H3,(H2,22,24,25). The Morgan fingerprint density at radius 2 is 1.89 bits per heavy atom. The zero-order chi connectivity index (χ0) is 19.9. The van der Waals surface area contributed by atoms with Crippen LogP contribution in [0, 0.1) is 19.7 Å². The lowest BCUT2D eigenvalue weighted by Gasteiger charge is -2.11. The number of rotatable bonds is 6. The molecule has 0 fully saturated rings. The summed E-state index contributed by atoms with van der Waals surface area (Å²) in [5.74, 6) is 1.36. The van der Waals surface area contributed by atoms with Crippen molar-refractivity contribution in [3.05, 3.63) is 69.6 Å². The number of ether oxygens (including phenoxy) is 1. The summed E-state index contributed by atoms with van der Waals surface area (Å²) in [6, 6.07) is 9.55. The van der Waals surface area contributed by atoms with E-state index in [1.165, 1.54) is 17.0 Å². The number of benzene rings is 1. The van der Waals surface area contributed by atoms with Gasteiger partial charge in [-0.15, -0.1) is 11.3 Å². The number of aliphatic imine (C=N–C) groups is 1. The van der Waals surface area contributed by atoms with Crippen LogP contribution in [0.4, 0.5) is 4.39 Å². The minimum atomic E-state index is -0.305. The molecule has 28 heavy (non-hydrogen) atoms. The lowest BCUT2D eigenvalue weighted by Crippen LogP contribution is -2.36. The first-order valence-electron chi connectivity index (χ1n) is 8.79. The maximum atomic E-state index is 13.0. The number of nitrogens with one attached hydrogen (secondary N) is 2. The maximum Gasteiger partial charge on any atom is 0.219 e. The second kappa shape index (κ2) is 9.27. The predicted octanol–water partition coefficient (Wildman–Crippen LogP) is 3.95. The largest absolute Gasteiger partial charge is 0.439 e. The fourth-order valence-electron chi connectivity index (χ4n) is 2.42. The van der Waals surface area contributed by atoms with Crippen LogP contribution in [0.1, 0.15) is 21.1 Å². The van der Waals surface area contributed by atoms with Crippen molar-refractivity contribution >= 4 is 17.3 Å². The van der Waals surface area contributed by atoms with E-state index in [1.807, 2.05) is 19.1 Å². The molecule has 0 atom stereocenters. The Morgan fingerprint density at radius 1 is 1.14 bits per heavy atom. The summed E-state index contributed by atoms with van der Waals surface area (Å²) in [6.07, 6.45) is 1.67. The molecule has 1 aromatic carbocycles. The summed E-state index contributed by atoms with van der Waals surface area (Å²) < 4.78 is 18.7. The van der Waals surface area contributed by atoms with E-state index in [0.29, 0.717) is 30.7 Å². The van der Waals surface area contributed by atoms with Crippen molar-refractivity contribution < 1.29 is 9.13 Å². The van der Waals surface area contributed by atoms with Crippen molar-refractivity contribution in [2.24, 2.45) is 4.99 Å². The Bertz CT molecular complexity index is 936. The molecule has 0 aliphatic carbocycles. The molecule has 0 aliphatic rings. The number of hydrogen-bond acceptors (Lipinski definition) is 5. The van der Waals surface area contributed by atoms with Crippen molar-refractivity contribution in [1.82, 2.24) is 20.6 Å². The summed E-state index contributed by atoms with van der Waals surface area (Å²) >= 11 is 1.68. The fraction of sp³-hybridized carbons (Fsp3) is 0.250. The molecule has 6 nitrogen and oxygen atoms in total. The Hall–Kier alpha value is -3.00. The highest BCUT2D eigenvalue weighted by Crippen LogP contribution is 2.20. The number of aromatic nitrogens is 2. The molecule has 2 N–H and O–H groups in total. The van der Waals surface area contributed by atoms with E-state index in [-0.39, 0.29) is 5.82 Å². The number of thiazole rings is 1.